The standard InChI is InChI=1S/C16H26N2O3/c1-3-6-13(8-9-15(19)20)10-11-17-16(21)14-7-5-12-18(14)4-2/h5,7,12-13H,3-4,6,8-11H2,1-2H3,(H,17,21)(H,19,20). The largest absolute Gasteiger partial charge is 0.481 e. The zero-order chi connectivity index (χ0) is 15.7. The number of aromatic nitrogens is 1. The lowest BCUT2D eigenvalue weighted by molar-refractivity contribution is -0.137. The lowest BCUT2D eigenvalue weighted by Gasteiger charge is -2.15. The molecule has 2 N–H and O–H groups in total. The van der Waals surface area contributed by atoms with Crippen LogP contribution in [0.1, 0.15) is 56.4 Å². The molecule has 1 unspecified atom stereocenters. The van der Waals surface area contributed by atoms with E-state index in [4.69, 9.17) is 5.11 Å². The number of carbonyl (C=O) groups is 2. The van der Waals surface area contributed by atoms with Crippen molar-refractivity contribution in [1.29, 1.82) is 0 Å². The molecule has 1 rings (SSSR count). The third kappa shape index (κ3) is 6.02. The van der Waals surface area contributed by atoms with Gasteiger partial charge in [0.15, 0.2) is 0 Å². The van der Waals surface area contributed by atoms with Crippen LogP contribution in [0.15, 0.2) is 18.3 Å². The van der Waals surface area contributed by atoms with Crippen LogP contribution in [0.4, 0.5) is 0 Å². The van der Waals surface area contributed by atoms with Gasteiger partial charge < -0.3 is 15.0 Å². The van der Waals surface area contributed by atoms with Crippen molar-refractivity contribution >= 4 is 11.9 Å². The van der Waals surface area contributed by atoms with Crippen molar-refractivity contribution in [2.75, 3.05) is 6.54 Å². The minimum absolute atomic E-state index is 0.0599. The molecule has 0 aliphatic rings. The molecule has 0 spiro atoms. The predicted octanol–water partition coefficient (Wildman–Crippen LogP) is 2.91. The summed E-state index contributed by atoms with van der Waals surface area (Å²) < 4.78 is 1.91. The van der Waals surface area contributed by atoms with Gasteiger partial charge in [0.05, 0.1) is 0 Å². The molecule has 1 amide bonds. The summed E-state index contributed by atoms with van der Waals surface area (Å²) in [5.41, 5.74) is 0.676. The maximum atomic E-state index is 12.1. The lowest BCUT2D eigenvalue weighted by Crippen LogP contribution is -2.28. The predicted molar refractivity (Wildman–Crippen MR) is 82.3 cm³/mol. The molecule has 1 atom stereocenters. The van der Waals surface area contributed by atoms with E-state index < -0.39 is 5.97 Å². The van der Waals surface area contributed by atoms with E-state index in [1.54, 1.807) is 0 Å². The zero-order valence-electron chi connectivity index (χ0n) is 13.0. The van der Waals surface area contributed by atoms with Crippen molar-refractivity contribution in [3.8, 4) is 0 Å². The van der Waals surface area contributed by atoms with E-state index in [0.717, 1.165) is 25.8 Å². The number of nitrogens with zero attached hydrogens (tertiary/aromatic N) is 1. The first-order chi connectivity index (χ1) is 10.1. The molecule has 0 aliphatic carbocycles. The van der Waals surface area contributed by atoms with Gasteiger partial charge in [0.2, 0.25) is 0 Å². The van der Waals surface area contributed by atoms with Crippen molar-refractivity contribution in [2.45, 2.75) is 52.5 Å². The molecular formula is C16H26N2O3. The van der Waals surface area contributed by atoms with E-state index >= 15 is 0 Å². The van der Waals surface area contributed by atoms with Gasteiger partial charge in [-0.2, -0.15) is 0 Å². The SMILES string of the molecule is CCCC(CCNC(=O)c1cccn1CC)CCC(=O)O. The van der Waals surface area contributed by atoms with Gasteiger partial charge in [0.1, 0.15) is 5.69 Å². The topological polar surface area (TPSA) is 71.3 Å². The highest BCUT2D eigenvalue weighted by Gasteiger charge is 2.13. The molecule has 0 aromatic carbocycles. The second-order valence-electron chi connectivity index (χ2n) is 5.31. The van der Waals surface area contributed by atoms with Crippen LogP contribution in [0.25, 0.3) is 0 Å². The Labute approximate surface area is 126 Å². The molecule has 0 radical (unpaired) electrons. The molecule has 0 saturated heterocycles. The van der Waals surface area contributed by atoms with Gasteiger partial charge in [-0.1, -0.05) is 19.8 Å². The van der Waals surface area contributed by atoms with Crippen molar-refractivity contribution in [2.24, 2.45) is 5.92 Å². The first-order valence-corrected chi connectivity index (χ1v) is 7.73. The normalized spacial score (nSPS) is 12.1. The number of hydrogen-bond acceptors (Lipinski definition) is 2. The molecule has 0 fully saturated rings. The molecule has 0 saturated carbocycles. The Morgan fingerprint density at radius 3 is 2.67 bits per heavy atom. The molecule has 118 valence electrons. The Morgan fingerprint density at radius 1 is 1.29 bits per heavy atom. The average molecular weight is 294 g/mol. The Hall–Kier alpha value is -1.78. The molecule has 21 heavy (non-hydrogen) atoms. The smallest absolute Gasteiger partial charge is 0.303 e. The third-order valence-electron chi connectivity index (χ3n) is 3.70. The fourth-order valence-corrected chi connectivity index (χ4v) is 2.55. The molecule has 5 nitrogen and oxygen atoms in total. The maximum absolute atomic E-state index is 12.1. The summed E-state index contributed by atoms with van der Waals surface area (Å²) in [6.07, 6.45) is 5.66. The summed E-state index contributed by atoms with van der Waals surface area (Å²) in [6.45, 7) is 5.46. The van der Waals surface area contributed by atoms with Gasteiger partial charge in [-0.3, -0.25) is 9.59 Å². The summed E-state index contributed by atoms with van der Waals surface area (Å²) in [5.74, 6) is -0.444. The van der Waals surface area contributed by atoms with Crippen LogP contribution in [0, 0.1) is 5.92 Å². The van der Waals surface area contributed by atoms with Crippen molar-refractivity contribution in [3.63, 3.8) is 0 Å². The van der Waals surface area contributed by atoms with E-state index in [9.17, 15) is 9.59 Å². The van der Waals surface area contributed by atoms with E-state index in [2.05, 4.69) is 12.2 Å². The highest BCUT2D eigenvalue weighted by molar-refractivity contribution is 5.92. The molecular weight excluding hydrogens is 268 g/mol. The van der Waals surface area contributed by atoms with Crippen molar-refractivity contribution in [3.05, 3.63) is 24.0 Å². The zero-order valence-corrected chi connectivity index (χ0v) is 13.0. The number of nitrogens with one attached hydrogen (secondary N) is 1. The van der Waals surface area contributed by atoms with E-state index in [1.807, 2.05) is 29.8 Å². The van der Waals surface area contributed by atoms with Crippen LogP contribution in [0.5, 0.6) is 0 Å². The van der Waals surface area contributed by atoms with Crippen LogP contribution in [0.2, 0.25) is 0 Å². The number of carboxylic acid groups (broad SMARTS) is 1. The number of carbonyl (C=O) groups excluding carboxylic acids is 1. The number of hydrogen-bond donors (Lipinski definition) is 2. The first-order valence-electron chi connectivity index (χ1n) is 7.73. The number of rotatable bonds is 10. The van der Waals surface area contributed by atoms with Crippen molar-refractivity contribution < 1.29 is 14.7 Å². The summed E-state index contributed by atoms with van der Waals surface area (Å²) in [6, 6.07) is 3.68. The van der Waals surface area contributed by atoms with Crippen LogP contribution >= 0.6 is 0 Å². The highest BCUT2D eigenvalue weighted by atomic mass is 16.4. The summed E-state index contributed by atoms with van der Waals surface area (Å²) in [4.78, 5) is 22.7. The molecule has 0 bridgehead atoms. The fourth-order valence-electron chi connectivity index (χ4n) is 2.55. The highest BCUT2D eigenvalue weighted by Crippen LogP contribution is 2.17. The molecule has 1 heterocycles. The summed E-state index contributed by atoms with van der Waals surface area (Å²) >= 11 is 0. The minimum atomic E-state index is -0.749. The number of aryl methyl sites for hydroxylation is 1. The Balaban J connectivity index is 2.39. The van der Waals surface area contributed by atoms with Crippen LogP contribution in [-0.2, 0) is 11.3 Å². The Bertz CT molecular complexity index is 454. The number of aliphatic carboxylic acids is 1. The average Bonchev–Trinajstić information content (AvgIpc) is 2.93. The Kier molecular flexibility index (Phi) is 7.58. The van der Waals surface area contributed by atoms with E-state index in [-0.39, 0.29) is 12.3 Å². The van der Waals surface area contributed by atoms with Gasteiger partial charge in [-0.25, -0.2) is 0 Å². The number of carboxylic acids is 1. The number of amides is 1. The van der Waals surface area contributed by atoms with Gasteiger partial charge >= 0.3 is 5.97 Å². The molecule has 5 heteroatoms. The van der Waals surface area contributed by atoms with Crippen LogP contribution < -0.4 is 5.32 Å². The van der Waals surface area contributed by atoms with Gasteiger partial charge in [-0.15, -0.1) is 0 Å². The minimum Gasteiger partial charge on any atom is -0.481 e. The fraction of sp³-hybridized carbons (Fsp3) is 0.625. The van der Waals surface area contributed by atoms with Gasteiger partial charge in [0, 0.05) is 25.7 Å². The molecule has 1 aromatic heterocycles. The maximum Gasteiger partial charge on any atom is 0.303 e. The van der Waals surface area contributed by atoms with Crippen LogP contribution in [0.3, 0.4) is 0 Å². The molecule has 0 aliphatic heterocycles. The summed E-state index contributed by atoms with van der Waals surface area (Å²) in [5, 5.41) is 11.7. The van der Waals surface area contributed by atoms with Crippen molar-refractivity contribution in [1.82, 2.24) is 9.88 Å². The first kappa shape index (κ1) is 17.3. The Morgan fingerprint density at radius 2 is 2.05 bits per heavy atom. The van der Waals surface area contributed by atoms with E-state index in [1.165, 1.54) is 0 Å². The van der Waals surface area contributed by atoms with Crippen LogP contribution in [-0.4, -0.2) is 28.1 Å². The second-order valence-corrected chi connectivity index (χ2v) is 5.31. The monoisotopic (exact) mass is 294 g/mol. The lowest BCUT2D eigenvalue weighted by atomic mass is 9.94. The van der Waals surface area contributed by atoms with Gasteiger partial charge in [-0.05, 0) is 37.8 Å². The van der Waals surface area contributed by atoms with Gasteiger partial charge in [0.25, 0.3) is 5.91 Å². The molecule has 1 aromatic rings. The quantitative estimate of drug-likeness (QED) is 0.697. The third-order valence-corrected chi connectivity index (χ3v) is 3.70. The summed E-state index contributed by atoms with van der Waals surface area (Å²) in [7, 11) is 0. The second kappa shape index (κ2) is 9.21. The van der Waals surface area contributed by atoms with E-state index in [0.29, 0.717) is 24.6 Å².